The number of carbonyl (C=O) groups is 1. The first-order chi connectivity index (χ1) is 17.3. The number of aromatic nitrogens is 3. The second-order valence-electron chi connectivity index (χ2n) is 11.3. The van der Waals surface area contributed by atoms with Gasteiger partial charge in [0.2, 0.25) is 0 Å². The maximum absolute atomic E-state index is 12.7. The van der Waals surface area contributed by atoms with E-state index in [0.717, 1.165) is 39.0 Å². The van der Waals surface area contributed by atoms with E-state index >= 15 is 0 Å². The lowest BCUT2D eigenvalue weighted by Gasteiger charge is -2.31. The molecule has 2 heterocycles. The van der Waals surface area contributed by atoms with Gasteiger partial charge in [-0.1, -0.05) is 23.7 Å². The van der Waals surface area contributed by atoms with Gasteiger partial charge in [0.25, 0.3) is 0 Å². The number of halogens is 1. The molecule has 2 aromatic heterocycles. The maximum atomic E-state index is 12.7. The molecule has 4 rings (SSSR count). The van der Waals surface area contributed by atoms with Gasteiger partial charge in [0.05, 0.1) is 16.5 Å². The van der Waals surface area contributed by atoms with Crippen LogP contribution in [0.3, 0.4) is 0 Å². The Bertz CT molecular complexity index is 1400. The molecule has 0 aliphatic rings. The van der Waals surface area contributed by atoms with Gasteiger partial charge >= 0.3 is 5.97 Å². The molecule has 7 heteroatoms. The summed E-state index contributed by atoms with van der Waals surface area (Å²) in [4.78, 5) is 21.8. The molecule has 0 spiro atoms. The van der Waals surface area contributed by atoms with E-state index in [1.807, 2.05) is 89.6 Å². The Morgan fingerprint density at radius 2 is 1.76 bits per heavy atom. The molecule has 6 nitrogen and oxygen atoms in total. The molecular formula is C30H34ClN3O3. The number of ether oxygens (including phenoxy) is 2. The van der Waals surface area contributed by atoms with E-state index in [-0.39, 0.29) is 12.6 Å². The molecular weight excluding hydrogens is 486 g/mol. The van der Waals surface area contributed by atoms with Gasteiger partial charge in [-0.3, -0.25) is 9.36 Å². The molecule has 37 heavy (non-hydrogen) atoms. The Morgan fingerprint density at radius 3 is 2.35 bits per heavy atom. The van der Waals surface area contributed by atoms with Crippen molar-refractivity contribution in [1.29, 1.82) is 0 Å². The number of carbonyl (C=O) groups excluding carboxylic acids is 1. The Morgan fingerprint density at radius 1 is 1.05 bits per heavy atom. The number of imidazole rings is 1. The van der Waals surface area contributed by atoms with Crippen molar-refractivity contribution in [2.75, 3.05) is 6.61 Å². The topological polar surface area (TPSA) is 66.2 Å². The fraction of sp³-hybridized carbons (Fsp3) is 0.367. The average molecular weight is 520 g/mol. The van der Waals surface area contributed by atoms with E-state index in [1.165, 1.54) is 0 Å². The molecule has 0 radical (unpaired) electrons. The van der Waals surface area contributed by atoms with Crippen LogP contribution in [0.5, 0.6) is 0 Å². The summed E-state index contributed by atoms with van der Waals surface area (Å²) in [6, 6.07) is 13.9. The summed E-state index contributed by atoms with van der Waals surface area (Å²) in [7, 11) is 0. The summed E-state index contributed by atoms with van der Waals surface area (Å²) in [5.74, 6) is 0.508. The van der Waals surface area contributed by atoms with Gasteiger partial charge in [0.1, 0.15) is 24.9 Å². The van der Waals surface area contributed by atoms with Gasteiger partial charge in [0.15, 0.2) is 0 Å². The number of hydrogen-bond acceptors (Lipinski definition) is 5. The lowest BCUT2D eigenvalue weighted by Crippen LogP contribution is -2.30. The van der Waals surface area contributed by atoms with Crippen LogP contribution >= 0.6 is 11.6 Å². The monoisotopic (exact) mass is 519 g/mol. The molecule has 0 N–H and O–H groups in total. The molecule has 0 saturated heterocycles. The van der Waals surface area contributed by atoms with Crippen LogP contribution in [0.25, 0.3) is 27.8 Å². The molecule has 0 amide bonds. The highest BCUT2D eigenvalue weighted by Gasteiger charge is 2.30. The number of esters is 1. The zero-order chi connectivity index (χ0) is 27.0. The van der Waals surface area contributed by atoms with E-state index in [1.54, 1.807) is 12.5 Å². The minimum Gasteiger partial charge on any atom is -0.462 e. The van der Waals surface area contributed by atoms with Crippen LogP contribution in [0.1, 0.15) is 58.8 Å². The minimum atomic E-state index is -0.614. The maximum Gasteiger partial charge on any atom is 0.311 e. The van der Waals surface area contributed by atoms with Gasteiger partial charge < -0.3 is 9.47 Å². The van der Waals surface area contributed by atoms with Gasteiger partial charge in [-0.2, -0.15) is 0 Å². The Labute approximate surface area is 223 Å². The number of fused-ring (bicyclic) bond motifs is 1. The molecule has 1 atom stereocenters. The normalized spacial score (nSPS) is 13.1. The van der Waals surface area contributed by atoms with Crippen molar-refractivity contribution in [2.45, 2.75) is 60.2 Å². The predicted molar refractivity (Wildman–Crippen MR) is 148 cm³/mol. The van der Waals surface area contributed by atoms with E-state index in [4.69, 9.17) is 26.1 Å². The number of benzene rings is 2. The fourth-order valence-electron chi connectivity index (χ4n) is 4.26. The number of aryl methyl sites for hydroxylation is 1. The Hall–Kier alpha value is -3.22. The molecule has 4 aromatic rings. The van der Waals surface area contributed by atoms with E-state index in [2.05, 4.69) is 17.1 Å². The summed E-state index contributed by atoms with van der Waals surface area (Å²) in [6.45, 7) is 13.7. The van der Waals surface area contributed by atoms with Crippen molar-refractivity contribution in [1.82, 2.24) is 14.5 Å². The minimum absolute atomic E-state index is 0.0981. The summed E-state index contributed by atoms with van der Waals surface area (Å²) in [5, 5.41) is 1.63. The third kappa shape index (κ3) is 6.20. The zero-order valence-electron chi connectivity index (χ0n) is 22.5. The number of hydrogen-bond donors (Lipinski definition) is 0. The van der Waals surface area contributed by atoms with Gasteiger partial charge in [0, 0.05) is 22.8 Å². The van der Waals surface area contributed by atoms with Crippen molar-refractivity contribution in [3.05, 3.63) is 77.3 Å². The first-order valence-corrected chi connectivity index (χ1v) is 12.7. The molecule has 0 aliphatic carbocycles. The van der Waals surface area contributed by atoms with E-state index in [9.17, 15) is 4.79 Å². The summed E-state index contributed by atoms with van der Waals surface area (Å²) >= 11 is 6.24. The Kier molecular flexibility index (Phi) is 7.45. The zero-order valence-corrected chi connectivity index (χ0v) is 23.3. The highest BCUT2D eigenvalue weighted by atomic mass is 35.5. The second kappa shape index (κ2) is 10.3. The Balaban J connectivity index is 1.93. The van der Waals surface area contributed by atoms with Gasteiger partial charge in [-0.15, -0.1) is 0 Å². The van der Waals surface area contributed by atoms with Crippen molar-refractivity contribution < 1.29 is 14.3 Å². The van der Waals surface area contributed by atoms with Crippen LogP contribution in [-0.2, 0) is 14.3 Å². The first kappa shape index (κ1) is 26.8. The first-order valence-electron chi connectivity index (χ1n) is 12.4. The highest BCUT2D eigenvalue weighted by Crippen LogP contribution is 2.41. The number of pyridine rings is 1. The lowest BCUT2D eigenvalue weighted by atomic mass is 9.88. The highest BCUT2D eigenvalue weighted by molar-refractivity contribution is 6.30. The van der Waals surface area contributed by atoms with Crippen LogP contribution < -0.4 is 0 Å². The lowest BCUT2D eigenvalue weighted by molar-refractivity contribution is -0.162. The van der Waals surface area contributed by atoms with Gasteiger partial charge in [-0.05, 0) is 101 Å². The predicted octanol–water partition coefficient (Wildman–Crippen LogP) is 7.49. The molecule has 0 bridgehead atoms. The summed E-state index contributed by atoms with van der Waals surface area (Å²) < 4.78 is 14.2. The quantitative estimate of drug-likeness (QED) is 0.247. The largest absolute Gasteiger partial charge is 0.462 e. The summed E-state index contributed by atoms with van der Waals surface area (Å²) in [6.07, 6.45) is 4.83. The molecule has 2 aromatic carbocycles. The molecule has 0 fully saturated rings. The molecule has 0 aliphatic heterocycles. The van der Waals surface area contributed by atoms with E-state index in [0.29, 0.717) is 5.02 Å². The SMILES string of the molecule is Cc1cc2nc(-n3ccnc3)ccc2c(-c2ccc(Cl)cc2)c1[C@H](COC(=O)C(C)(C)C)OC(C)(C)C. The third-order valence-electron chi connectivity index (χ3n) is 5.92. The molecule has 194 valence electrons. The van der Waals surface area contributed by atoms with Crippen molar-refractivity contribution in [2.24, 2.45) is 5.41 Å². The number of rotatable bonds is 6. The van der Waals surface area contributed by atoms with Gasteiger partial charge in [-0.25, -0.2) is 9.97 Å². The third-order valence-corrected chi connectivity index (χ3v) is 6.18. The van der Waals surface area contributed by atoms with Crippen LogP contribution in [-0.4, -0.2) is 32.7 Å². The smallest absolute Gasteiger partial charge is 0.311 e. The van der Waals surface area contributed by atoms with Crippen molar-refractivity contribution in [3.8, 4) is 16.9 Å². The van der Waals surface area contributed by atoms with E-state index < -0.39 is 17.1 Å². The van der Waals surface area contributed by atoms with Crippen LogP contribution in [0.2, 0.25) is 5.02 Å². The molecule has 0 saturated carbocycles. The van der Waals surface area contributed by atoms with Crippen LogP contribution in [0.15, 0.2) is 61.2 Å². The van der Waals surface area contributed by atoms with Crippen molar-refractivity contribution >= 4 is 28.5 Å². The summed E-state index contributed by atoms with van der Waals surface area (Å²) in [5.41, 5.74) is 3.68. The standard InChI is InChI=1S/C30H34ClN3O3/c1-19-16-23-22(12-13-25(33-23)34-15-14-32-18-34)27(20-8-10-21(31)11-9-20)26(19)24(37-30(5,6)7)17-36-28(35)29(2,3)4/h8-16,18,24H,17H2,1-7H3/t24-/m0/s1. The average Bonchev–Trinajstić information content (AvgIpc) is 3.35. The van der Waals surface area contributed by atoms with Crippen LogP contribution in [0, 0.1) is 12.3 Å². The fourth-order valence-corrected chi connectivity index (χ4v) is 4.39. The van der Waals surface area contributed by atoms with Crippen LogP contribution in [0.4, 0.5) is 0 Å². The molecule has 0 unspecified atom stereocenters. The van der Waals surface area contributed by atoms with Crippen molar-refractivity contribution in [3.63, 3.8) is 0 Å². The number of nitrogens with zero attached hydrogens (tertiary/aromatic N) is 3. The second-order valence-corrected chi connectivity index (χ2v) is 11.7.